The molecule has 0 N–H and O–H groups in total. The normalized spacial score (nSPS) is 18.8. The number of benzene rings is 1. The Bertz CT molecular complexity index is 1200. The Hall–Kier alpha value is -2.53. The first kappa shape index (κ1) is 22.3. The van der Waals surface area contributed by atoms with Gasteiger partial charge in [-0.25, -0.2) is 18.4 Å². The van der Waals surface area contributed by atoms with Gasteiger partial charge >= 0.3 is 0 Å². The molecule has 0 spiro atoms. The Labute approximate surface area is 194 Å². The van der Waals surface area contributed by atoms with Crippen LogP contribution < -0.4 is 4.90 Å². The Balaban J connectivity index is 1.33. The molecule has 1 aromatic carbocycles. The zero-order chi connectivity index (χ0) is 22.8. The van der Waals surface area contributed by atoms with Gasteiger partial charge in [0.2, 0.25) is 10.0 Å². The number of sulfonamides is 1. The molecule has 0 atom stereocenters. The number of aromatic nitrogens is 3. The number of nitrogens with zero attached hydrogens (tertiary/aromatic N) is 6. The summed E-state index contributed by atoms with van der Waals surface area (Å²) in [6.45, 7) is 8.98. The van der Waals surface area contributed by atoms with Crippen molar-refractivity contribution in [3.05, 3.63) is 48.4 Å². The number of piperazine rings is 1. The molecule has 2 fully saturated rings. The van der Waals surface area contributed by atoms with Crippen LogP contribution in [0.15, 0.2) is 47.5 Å². The lowest BCUT2D eigenvalue weighted by molar-refractivity contribution is 0.0730. The zero-order valence-corrected chi connectivity index (χ0v) is 19.7. The first-order valence-corrected chi connectivity index (χ1v) is 13.0. The van der Waals surface area contributed by atoms with E-state index in [9.17, 15) is 8.42 Å². The highest BCUT2D eigenvalue weighted by Gasteiger charge is 2.27. The standard InChI is InChI=1S/C23H30N6O3S/c1-2-29-21-7-6-19(33(30,31)28-13-15-32-16-14-28)17-20(21)25-23(29)18-26-9-11-27(12-10-26)22-5-3-4-8-24-22/h3-8,17H,2,9-16,18H2,1H3. The van der Waals surface area contributed by atoms with E-state index in [2.05, 4.69) is 32.3 Å². The molecule has 5 rings (SSSR count). The minimum absolute atomic E-state index is 0.299. The zero-order valence-electron chi connectivity index (χ0n) is 18.9. The maximum absolute atomic E-state index is 13.1. The molecular weight excluding hydrogens is 440 g/mol. The highest BCUT2D eigenvalue weighted by Crippen LogP contribution is 2.24. The summed E-state index contributed by atoms with van der Waals surface area (Å²) in [6, 6.07) is 11.3. The van der Waals surface area contributed by atoms with Crippen LogP contribution in [0.25, 0.3) is 11.0 Å². The van der Waals surface area contributed by atoms with Crippen LogP contribution in [0.3, 0.4) is 0 Å². The smallest absolute Gasteiger partial charge is 0.243 e. The second-order valence-electron chi connectivity index (χ2n) is 8.39. The third-order valence-corrected chi connectivity index (χ3v) is 8.33. The van der Waals surface area contributed by atoms with Crippen molar-refractivity contribution in [2.75, 3.05) is 57.4 Å². The lowest BCUT2D eigenvalue weighted by atomic mass is 10.3. The van der Waals surface area contributed by atoms with E-state index < -0.39 is 10.0 Å². The van der Waals surface area contributed by atoms with Crippen molar-refractivity contribution < 1.29 is 13.2 Å². The summed E-state index contributed by atoms with van der Waals surface area (Å²) in [4.78, 5) is 14.3. The number of anilines is 1. The van der Waals surface area contributed by atoms with Crippen molar-refractivity contribution in [3.8, 4) is 0 Å². The first-order chi connectivity index (χ1) is 16.1. The number of imidazole rings is 1. The van der Waals surface area contributed by atoms with Gasteiger partial charge in [0.1, 0.15) is 11.6 Å². The predicted molar refractivity (Wildman–Crippen MR) is 127 cm³/mol. The molecule has 10 heteroatoms. The fourth-order valence-corrected chi connectivity index (χ4v) is 6.03. The minimum Gasteiger partial charge on any atom is -0.379 e. The van der Waals surface area contributed by atoms with Crippen LogP contribution in [0.4, 0.5) is 5.82 Å². The molecule has 9 nitrogen and oxygen atoms in total. The van der Waals surface area contributed by atoms with E-state index in [0.717, 1.165) is 61.9 Å². The fraction of sp³-hybridized carbons (Fsp3) is 0.478. The van der Waals surface area contributed by atoms with E-state index in [-0.39, 0.29) is 0 Å². The number of ether oxygens (including phenoxy) is 1. The molecule has 4 heterocycles. The van der Waals surface area contributed by atoms with E-state index >= 15 is 0 Å². The average molecular weight is 471 g/mol. The van der Waals surface area contributed by atoms with Crippen molar-refractivity contribution in [1.82, 2.24) is 23.7 Å². The third-order valence-electron chi connectivity index (χ3n) is 6.43. The van der Waals surface area contributed by atoms with Crippen LogP contribution in [0, 0.1) is 0 Å². The van der Waals surface area contributed by atoms with Crippen LogP contribution in [0.5, 0.6) is 0 Å². The summed E-state index contributed by atoms with van der Waals surface area (Å²) in [6.07, 6.45) is 1.83. The number of aryl methyl sites for hydroxylation is 1. The molecule has 0 saturated carbocycles. The van der Waals surface area contributed by atoms with Crippen LogP contribution in [0.2, 0.25) is 0 Å². The third kappa shape index (κ3) is 4.48. The van der Waals surface area contributed by atoms with Gasteiger partial charge in [-0.1, -0.05) is 6.07 Å². The molecule has 3 aromatic rings. The number of pyridine rings is 1. The fourth-order valence-electron chi connectivity index (χ4n) is 4.61. The number of morpholine rings is 1. The monoisotopic (exact) mass is 470 g/mol. The molecule has 33 heavy (non-hydrogen) atoms. The molecule has 0 bridgehead atoms. The van der Waals surface area contributed by atoms with Gasteiger partial charge in [-0.3, -0.25) is 4.90 Å². The van der Waals surface area contributed by atoms with Gasteiger partial charge in [-0.2, -0.15) is 4.31 Å². The van der Waals surface area contributed by atoms with E-state index in [0.29, 0.717) is 31.2 Å². The van der Waals surface area contributed by atoms with Crippen LogP contribution in [0.1, 0.15) is 12.7 Å². The van der Waals surface area contributed by atoms with Crippen molar-refractivity contribution in [2.45, 2.75) is 24.9 Å². The van der Waals surface area contributed by atoms with Crippen molar-refractivity contribution >= 4 is 26.9 Å². The van der Waals surface area contributed by atoms with Crippen molar-refractivity contribution in [1.29, 1.82) is 0 Å². The Morgan fingerprint density at radius 3 is 2.48 bits per heavy atom. The van der Waals surface area contributed by atoms with Gasteiger partial charge in [0, 0.05) is 52.0 Å². The molecule has 0 amide bonds. The summed E-state index contributed by atoms with van der Waals surface area (Å²) in [5.41, 5.74) is 1.70. The van der Waals surface area contributed by atoms with Gasteiger partial charge in [0.25, 0.3) is 0 Å². The van der Waals surface area contributed by atoms with E-state index in [1.54, 1.807) is 12.1 Å². The first-order valence-electron chi connectivity index (χ1n) is 11.5. The number of hydrogen-bond acceptors (Lipinski definition) is 7. The van der Waals surface area contributed by atoms with E-state index in [1.165, 1.54) is 4.31 Å². The number of hydrogen-bond donors (Lipinski definition) is 0. The van der Waals surface area contributed by atoms with Gasteiger partial charge in [-0.05, 0) is 37.3 Å². The Kier molecular flexibility index (Phi) is 6.33. The van der Waals surface area contributed by atoms with Gasteiger partial charge in [0.05, 0.1) is 35.7 Å². The second-order valence-corrected chi connectivity index (χ2v) is 10.3. The van der Waals surface area contributed by atoms with Crippen LogP contribution >= 0.6 is 0 Å². The maximum atomic E-state index is 13.1. The van der Waals surface area contributed by atoms with Crippen LogP contribution in [-0.2, 0) is 27.8 Å². The summed E-state index contributed by atoms with van der Waals surface area (Å²) in [5.74, 6) is 1.99. The lowest BCUT2D eigenvalue weighted by Crippen LogP contribution is -2.46. The predicted octanol–water partition coefficient (Wildman–Crippen LogP) is 1.79. The molecule has 176 valence electrons. The Morgan fingerprint density at radius 1 is 1.00 bits per heavy atom. The van der Waals surface area contributed by atoms with E-state index in [1.807, 2.05) is 24.4 Å². The van der Waals surface area contributed by atoms with E-state index in [4.69, 9.17) is 9.72 Å². The SMILES string of the molecule is CCn1c(CN2CCN(c3ccccn3)CC2)nc2cc(S(=O)(=O)N3CCOCC3)ccc21. The van der Waals surface area contributed by atoms with Crippen molar-refractivity contribution in [2.24, 2.45) is 0 Å². The van der Waals surface area contributed by atoms with Gasteiger partial charge < -0.3 is 14.2 Å². The van der Waals surface area contributed by atoms with Gasteiger partial charge in [-0.15, -0.1) is 0 Å². The highest BCUT2D eigenvalue weighted by molar-refractivity contribution is 7.89. The Morgan fingerprint density at radius 2 is 1.79 bits per heavy atom. The van der Waals surface area contributed by atoms with Gasteiger partial charge in [0.15, 0.2) is 0 Å². The summed E-state index contributed by atoms with van der Waals surface area (Å²) < 4.78 is 35.1. The average Bonchev–Trinajstić information content (AvgIpc) is 3.21. The molecule has 0 aliphatic carbocycles. The molecular formula is C23H30N6O3S. The summed E-state index contributed by atoms with van der Waals surface area (Å²) >= 11 is 0. The lowest BCUT2D eigenvalue weighted by Gasteiger charge is -2.35. The molecule has 0 radical (unpaired) electrons. The topological polar surface area (TPSA) is 83.8 Å². The number of rotatable bonds is 6. The number of fused-ring (bicyclic) bond motifs is 1. The molecule has 2 aliphatic rings. The highest BCUT2D eigenvalue weighted by atomic mass is 32.2. The quantitative estimate of drug-likeness (QED) is 0.543. The van der Waals surface area contributed by atoms with Crippen LogP contribution in [-0.4, -0.2) is 84.6 Å². The molecule has 0 unspecified atom stereocenters. The summed E-state index contributed by atoms with van der Waals surface area (Å²) in [5, 5.41) is 0. The minimum atomic E-state index is -3.54. The summed E-state index contributed by atoms with van der Waals surface area (Å²) in [7, 11) is -3.54. The molecule has 2 aliphatic heterocycles. The maximum Gasteiger partial charge on any atom is 0.243 e. The molecule has 2 saturated heterocycles. The van der Waals surface area contributed by atoms with Crippen molar-refractivity contribution in [3.63, 3.8) is 0 Å². The second kappa shape index (κ2) is 9.38. The largest absolute Gasteiger partial charge is 0.379 e. The molecule has 2 aromatic heterocycles.